The highest BCUT2D eigenvalue weighted by atomic mass is 16.4. The van der Waals surface area contributed by atoms with Crippen molar-refractivity contribution in [1.82, 2.24) is 35.3 Å². The van der Waals surface area contributed by atoms with Crippen LogP contribution >= 0.6 is 0 Å². The minimum atomic E-state index is 0.0109. The molecule has 3 heterocycles. The average Bonchev–Trinajstić information content (AvgIpc) is 3.40. The summed E-state index contributed by atoms with van der Waals surface area (Å²) in [6.07, 6.45) is 3.14. The molecule has 0 spiro atoms. The number of carbonyl (C=O) groups is 1. The molecule has 0 saturated carbocycles. The van der Waals surface area contributed by atoms with Crippen LogP contribution in [0.2, 0.25) is 0 Å². The molecule has 1 fully saturated rings. The lowest BCUT2D eigenvalue weighted by Gasteiger charge is -2.30. The SMILES string of the molecule is CC(C)c1nnc(C2CCN(C(=O)c3cccc(-n4cnnn4)c3)CC2)o1. The first-order chi connectivity index (χ1) is 13.1. The van der Waals surface area contributed by atoms with E-state index in [-0.39, 0.29) is 17.7 Å². The topological polar surface area (TPSA) is 103 Å². The molecule has 27 heavy (non-hydrogen) atoms. The van der Waals surface area contributed by atoms with Crippen molar-refractivity contribution in [3.63, 3.8) is 0 Å². The zero-order valence-electron chi connectivity index (χ0n) is 15.3. The number of likely N-dealkylation sites (tertiary alicyclic amines) is 1. The van der Waals surface area contributed by atoms with Gasteiger partial charge in [-0.3, -0.25) is 4.79 Å². The number of nitrogens with zero attached hydrogens (tertiary/aromatic N) is 7. The molecule has 0 aliphatic carbocycles. The number of hydrogen-bond acceptors (Lipinski definition) is 7. The van der Waals surface area contributed by atoms with Gasteiger partial charge in [-0.25, -0.2) is 4.68 Å². The summed E-state index contributed by atoms with van der Waals surface area (Å²) in [5.41, 5.74) is 1.38. The molecule has 9 nitrogen and oxygen atoms in total. The van der Waals surface area contributed by atoms with Crippen molar-refractivity contribution < 1.29 is 9.21 Å². The van der Waals surface area contributed by atoms with Crippen LogP contribution in [0.1, 0.15) is 60.7 Å². The highest BCUT2D eigenvalue weighted by molar-refractivity contribution is 5.94. The van der Waals surface area contributed by atoms with Crippen molar-refractivity contribution in [2.45, 2.75) is 38.5 Å². The fraction of sp³-hybridized carbons (Fsp3) is 0.444. The van der Waals surface area contributed by atoms with Crippen molar-refractivity contribution in [3.8, 4) is 5.69 Å². The number of tetrazole rings is 1. The van der Waals surface area contributed by atoms with E-state index in [4.69, 9.17) is 4.42 Å². The molecule has 0 radical (unpaired) electrons. The third-order valence-corrected chi connectivity index (χ3v) is 4.79. The van der Waals surface area contributed by atoms with Crippen molar-refractivity contribution in [2.75, 3.05) is 13.1 Å². The zero-order valence-corrected chi connectivity index (χ0v) is 15.3. The highest BCUT2D eigenvalue weighted by Crippen LogP contribution is 2.29. The van der Waals surface area contributed by atoms with E-state index >= 15 is 0 Å². The van der Waals surface area contributed by atoms with Gasteiger partial charge >= 0.3 is 0 Å². The molecule has 0 bridgehead atoms. The Morgan fingerprint density at radius 1 is 1.22 bits per heavy atom. The number of piperidine rings is 1. The van der Waals surface area contributed by atoms with Gasteiger partial charge in [0.1, 0.15) is 6.33 Å². The van der Waals surface area contributed by atoms with Crippen LogP contribution in [0.4, 0.5) is 0 Å². The molecular weight excluding hydrogens is 346 g/mol. The van der Waals surface area contributed by atoms with Crippen molar-refractivity contribution in [2.24, 2.45) is 0 Å². The quantitative estimate of drug-likeness (QED) is 0.696. The van der Waals surface area contributed by atoms with Crippen LogP contribution in [0.3, 0.4) is 0 Å². The van der Waals surface area contributed by atoms with Gasteiger partial charge in [-0.15, -0.1) is 15.3 Å². The monoisotopic (exact) mass is 367 g/mol. The number of rotatable bonds is 4. The van der Waals surface area contributed by atoms with Gasteiger partial charge in [-0.1, -0.05) is 19.9 Å². The van der Waals surface area contributed by atoms with Crippen molar-refractivity contribution in [3.05, 3.63) is 47.9 Å². The predicted octanol–water partition coefficient (Wildman–Crippen LogP) is 2.19. The number of benzene rings is 1. The zero-order chi connectivity index (χ0) is 18.8. The van der Waals surface area contributed by atoms with E-state index in [0.29, 0.717) is 30.4 Å². The Labute approximate surface area is 156 Å². The predicted molar refractivity (Wildman–Crippen MR) is 95.4 cm³/mol. The molecular formula is C18H21N7O2. The smallest absolute Gasteiger partial charge is 0.253 e. The Balaban J connectivity index is 1.42. The summed E-state index contributed by atoms with van der Waals surface area (Å²) in [5, 5.41) is 19.4. The molecule has 4 rings (SSSR count). The van der Waals surface area contributed by atoms with Crippen molar-refractivity contribution >= 4 is 5.91 Å². The molecule has 2 aromatic heterocycles. The Kier molecular flexibility index (Phi) is 4.66. The second kappa shape index (κ2) is 7.26. The van der Waals surface area contributed by atoms with Gasteiger partial charge in [0.2, 0.25) is 11.8 Å². The maximum Gasteiger partial charge on any atom is 0.253 e. The fourth-order valence-corrected chi connectivity index (χ4v) is 3.22. The van der Waals surface area contributed by atoms with E-state index in [1.807, 2.05) is 36.9 Å². The molecule has 1 aliphatic heterocycles. The standard InChI is InChI=1S/C18H21N7O2/c1-12(2)16-20-21-17(27-16)13-6-8-24(9-7-13)18(26)14-4-3-5-15(10-14)25-11-19-22-23-25/h3-5,10-13H,6-9H2,1-2H3. The molecule has 3 aromatic rings. The van der Waals surface area contributed by atoms with Gasteiger partial charge in [0.25, 0.3) is 5.91 Å². The van der Waals surface area contributed by atoms with E-state index in [2.05, 4.69) is 25.7 Å². The van der Waals surface area contributed by atoms with Crippen LogP contribution in [-0.4, -0.2) is 54.3 Å². The molecule has 0 atom stereocenters. The summed E-state index contributed by atoms with van der Waals surface area (Å²) in [5.74, 6) is 1.80. The maximum absolute atomic E-state index is 12.9. The minimum Gasteiger partial charge on any atom is -0.425 e. The molecule has 1 amide bonds. The lowest BCUT2D eigenvalue weighted by Crippen LogP contribution is -2.38. The van der Waals surface area contributed by atoms with E-state index in [1.165, 1.54) is 11.0 Å². The second-order valence-electron chi connectivity index (χ2n) is 7.00. The molecule has 0 N–H and O–H groups in total. The van der Waals surface area contributed by atoms with Gasteiger partial charge in [0.15, 0.2) is 0 Å². The van der Waals surface area contributed by atoms with Gasteiger partial charge in [-0.05, 0) is 41.5 Å². The van der Waals surface area contributed by atoms with Crippen LogP contribution in [0.25, 0.3) is 5.69 Å². The Bertz CT molecular complexity index is 911. The Hall–Kier alpha value is -3.10. The van der Waals surface area contributed by atoms with Crippen LogP contribution in [0.15, 0.2) is 35.0 Å². The van der Waals surface area contributed by atoms with Crippen LogP contribution in [0.5, 0.6) is 0 Å². The lowest BCUT2D eigenvalue weighted by molar-refractivity contribution is 0.0706. The Morgan fingerprint density at radius 2 is 2.04 bits per heavy atom. The Morgan fingerprint density at radius 3 is 2.70 bits per heavy atom. The van der Waals surface area contributed by atoms with Crippen LogP contribution < -0.4 is 0 Å². The van der Waals surface area contributed by atoms with E-state index < -0.39 is 0 Å². The first kappa shape index (κ1) is 17.3. The summed E-state index contributed by atoms with van der Waals surface area (Å²) < 4.78 is 7.31. The highest BCUT2D eigenvalue weighted by Gasteiger charge is 2.28. The molecule has 1 saturated heterocycles. The summed E-state index contributed by atoms with van der Waals surface area (Å²) in [6, 6.07) is 7.32. The first-order valence-corrected chi connectivity index (χ1v) is 9.08. The van der Waals surface area contributed by atoms with E-state index in [1.54, 1.807) is 6.07 Å². The molecule has 9 heteroatoms. The maximum atomic E-state index is 12.9. The molecule has 140 valence electrons. The van der Waals surface area contributed by atoms with Gasteiger partial charge < -0.3 is 9.32 Å². The van der Waals surface area contributed by atoms with Gasteiger partial charge in [0.05, 0.1) is 5.69 Å². The molecule has 1 aliphatic rings. The van der Waals surface area contributed by atoms with Crippen LogP contribution in [-0.2, 0) is 0 Å². The largest absolute Gasteiger partial charge is 0.425 e. The number of aromatic nitrogens is 6. The van der Waals surface area contributed by atoms with E-state index in [9.17, 15) is 4.79 Å². The lowest BCUT2D eigenvalue weighted by atomic mass is 9.96. The first-order valence-electron chi connectivity index (χ1n) is 9.08. The summed E-state index contributed by atoms with van der Waals surface area (Å²) >= 11 is 0. The molecule has 0 unspecified atom stereocenters. The van der Waals surface area contributed by atoms with Gasteiger partial charge in [0, 0.05) is 30.5 Å². The number of carbonyl (C=O) groups excluding carboxylic acids is 1. The average molecular weight is 367 g/mol. The summed E-state index contributed by atoms with van der Waals surface area (Å²) in [6.45, 7) is 5.39. The second-order valence-corrected chi connectivity index (χ2v) is 7.00. The minimum absolute atomic E-state index is 0.0109. The van der Waals surface area contributed by atoms with Gasteiger partial charge in [-0.2, -0.15) is 0 Å². The number of amides is 1. The van der Waals surface area contributed by atoms with Crippen LogP contribution in [0, 0.1) is 0 Å². The third kappa shape index (κ3) is 3.57. The summed E-state index contributed by atoms with van der Waals surface area (Å²) in [4.78, 5) is 14.7. The number of hydrogen-bond donors (Lipinski definition) is 0. The fourth-order valence-electron chi connectivity index (χ4n) is 3.22. The summed E-state index contributed by atoms with van der Waals surface area (Å²) in [7, 11) is 0. The van der Waals surface area contributed by atoms with E-state index in [0.717, 1.165) is 18.5 Å². The normalized spacial score (nSPS) is 15.4. The third-order valence-electron chi connectivity index (χ3n) is 4.79. The molecule has 1 aromatic carbocycles. The van der Waals surface area contributed by atoms with Crippen molar-refractivity contribution in [1.29, 1.82) is 0 Å².